The lowest BCUT2D eigenvalue weighted by Gasteiger charge is -2.12. The molecule has 0 saturated carbocycles. The van der Waals surface area contributed by atoms with Crippen LogP contribution in [0.25, 0.3) is 11.4 Å². The van der Waals surface area contributed by atoms with Crippen LogP contribution in [0.1, 0.15) is 30.8 Å². The molecule has 1 aromatic heterocycles. The lowest BCUT2D eigenvalue weighted by molar-refractivity contribution is 0.134. The van der Waals surface area contributed by atoms with Crippen LogP contribution in [0.4, 0.5) is 0 Å². The Labute approximate surface area is 118 Å². The van der Waals surface area contributed by atoms with Crippen molar-refractivity contribution in [1.82, 2.24) is 14.8 Å². The van der Waals surface area contributed by atoms with E-state index in [1.54, 1.807) is 0 Å². The van der Waals surface area contributed by atoms with E-state index in [9.17, 15) is 0 Å². The highest BCUT2D eigenvalue weighted by Gasteiger charge is 2.17. The van der Waals surface area contributed by atoms with Gasteiger partial charge in [0.05, 0.1) is 19.8 Å². The highest BCUT2D eigenvalue weighted by atomic mass is 16.5. The molecule has 106 valence electrons. The number of aromatic nitrogens is 3. The van der Waals surface area contributed by atoms with Gasteiger partial charge in [-0.3, -0.25) is 0 Å². The monoisotopic (exact) mass is 272 g/mol. The summed E-state index contributed by atoms with van der Waals surface area (Å²) in [4.78, 5) is 0. The summed E-state index contributed by atoms with van der Waals surface area (Å²) in [7, 11) is 0. The molecule has 0 spiro atoms. The van der Waals surface area contributed by atoms with Crippen molar-refractivity contribution in [2.75, 3.05) is 0 Å². The number of fused-ring (bicyclic) bond motifs is 1. The third kappa shape index (κ3) is 2.34. The predicted octanol–water partition coefficient (Wildman–Crippen LogP) is 2.09. The van der Waals surface area contributed by atoms with Crippen LogP contribution in [0.5, 0.6) is 0 Å². The number of hydrogen-bond donors (Lipinski definition) is 1. The number of benzene rings is 1. The summed E-state index contributed by atoms with van der Waals surface area (Å²) in [6.07, 6.45) is 0. The molecule has 2 heterocycles. The van der Waals surface area contributed by atoms with Crippen LogP contribution in [0.3, 0.4) is 0 Å². The van der Waals surface area contributed by atoms with E-state index in [0.717, 1.165) is 23.8 Å². The molecular formula is C15H20N4O. The Morgan fingerprint density at radius 3 is 2.80 bits per heavy atom. The summed E-state index contributed by atoms with van der Waals surface area (Å²) in [5.41, 5.74) is 9.36. The molecule has 1 aliphatic heterocycles. The highest BCUT2D eigenvalue weighted by molar-refractivity contribution is 5.58. The fraction of sp³-hybridized carbons (Fsp3) is 0.467. The first-order valence-electron chi connectivity index (χ1n) is 7.01. The summed E-state index contributed by atoms with van der Waals surface area (Å²) in [6.45, 7) is 7.05. The molecule has 0 aliphatic carbocycles. The summed E-state index contributed by atoms with van der Waals surface area (Å²) >= 11 is 0. The van der Waals surface area contributed by atoms with E-state index >= 15 is 0 Å². The van der Waals surface area contributed by atoms with E-state index in [2.05, 4.69) is 46.8 Å². The Morgan fingerprint density at radius 1 is 1.25 bits per heavy atom. The molecule has 5 nitrogen and oxygen atoms in total. The molecule has 5 heteroatoms. The van der Waals surface area contributed by atoms with Crippen molar-refractivity contribution < 1.29 is 4.74 Å². The number of nitrogens with two attached hydrogens (primary N) is 1. The number of nitrogens with zero attached hydrogens (tertiary/aromatic N) is 3. The molecule has 1 aromatic carbocycles. The second-order valence-corrected chi connectivity index (χ2v) is 5.62. The van der Waals surface area contributed by atoms with Crippen LogP contribution in [0, 0.1) is 5.92 Å². The largest absolute Gasteiger partial charge is 0.372 e. The third-order valence-electron chi connectivity index (χ3n) is 3.54. The molecule has 20 heavy (non-hydrogen) atoms. The minimum atomic E-state index is 0.410. The smallest absolute Gasteiger partial charge is 0.164 e. The van der Waals surface area contributed by atoms with E-state index in [4.69, 9.17) is 10.5 Å². The normalized spacial score (nSPS) is 14.0. The lowest BCUT2D eigenvalue weighted by Crippen LogP contribution is -2.13. The van der Waals surface area contributed by atoms with Crippen LogP contribution in [0.15, 0.2) is 18.2 Å². The topological polar surface area (TPSA) is 66.0 Å². The quantitative estimate of drug-likeness (QED) is 0.925. The molecule has 0 fully saturated rings. The Hall–Kier alpha value is -1.72. The van der Waals surface area contributed by atoms with Gasteiger partial charge in [-0.15, -0.1) is 10.2 Å². The highest BCUT2D eigenvalue weighted by Crippen LogP contribution is 2.26. The van der Waals surface area contributed by atoms with E-state index in [1.165, 1.54) is 11.1 Å². The van der Waals surface area contributed by atoms with Crippen molar-refractivity contribution >= 4 is 0 Å². The van der Waals surface area contributed by atoms with Gasteiger partial charge in [-0.25, -0.2) is 0 Å². The van der Waals surface area contributed by atoms with Gasteiger partial charge in [-0.2, -0.15) is 0 Å². The van der Waals surface area contributed by atoms with Gasteiger partial charge in [0.25, 0.3) is 0 Å². The van der Waals surface area contributed by atoms with Crippen molar-refractivity contribution in [3.8, 4) is 11.4 Å². The van der Waals surface area contributed by atoms with Crippen molar-refractivity contribution in [2.45, 2.75) is 40.2 Å². The van der Waals surface area contributed by atoms with Crippen LogP contribution < -0.4 is 5.73 Å². The van der Waals surface area contributed by atoms with Crippen LogP contribution in [-0.4, -0.2) is 14.8 Å². The molecule has 0 amide bonds. The fourth-order valence-corrected chi connectivity index (χ4v) is 2.57. The van der Waals surface area contributed by atoms with Gasteiger partial charge in [0, 0.05) is 12.1 Å². The standard InChI is InChI=1S/C15H20N4O/c1-10(2)7-19-14(6-16)17-18-15(19)11-3-4-12-8-20-9-13(12)5-11/h3-5,10H,6-9,16H2,1-2H3. The zero-order valence-corrected chi connectivity index (χ0v) is 12.0. The Kier molecular flexibility index (Phi) is 3.54. The molecule has 0 radical (unpaired) electrons. The van der Waals surface area contributed by atoms with E-state index in [-0.39, 0.29) is 0 Å². The van der Waals surface area contributed by atoms with Crippen molar-refractivity contribution in [1.29, 1.82) is 0 Å². The van der Waals surface area contributed by atoms with Gasteiger partial charge in [0.1, 0.15) is 5.82 Å². The Balaban J connectivity index is 2.03. The Morgan fingerprint density at radius 2 is 2.05 bits per heavy atom. The second kappa shape index (κ2) is 5.34. The molecule has 1 aliphatic rings. The fourth-order valence-electron chi connectivity index (χ4n) is 2.57. The first kappa shape index (κ1) is 13.3. The average Bonchev–Trinajstić information content (AvgIpc) is 3.03. The van der Waals surface area contributed by atoms with E-state index in [0.29, 0.717) is 25.7 Å². The van der Waals surface area contributed by atoms with Gasteiger partial charge >= 0.3 is 0 Å². The van der Waals surface area contributed by atoms with E-state index in [1.807, 2.05) is 0 Å². The summed E-state index contributed by atoms with van der Waals surface area (Å²) < 4.78 is 7.59. The van der Waals surface area contributed by atoms with Crippen molar-refractivity contribution in [3.63, 3.8) is 0 Å². The maximum absolute atomic E-state index is 5.76. The molecule has 2 aromatic rings. The molecule has 0 atom stereocenters. The first-order chi connectivity index (χ1) is 9.69. The van der Waals surface area contributed by atoms with Gasteiger partial charge in [-0.05, 0) is 23.1 Å². The number of hydrogen-bond acceptors (Lipinski definition) is 4. The predicted molar refractivity (Wildman–Crippen MR) is 76.7 cm³/mol. The number of rotatable bonds is 4. The van der Waals surface area contributed by atoms with Crippen molar-refractivity contribution in [2.24, 2.45) is 11.7 Å². The SMILES string of the molecule is CC(C)Cn1c(CN)nnc1-c1ccc2c(c1)COC2. The molecule has 0 saturated heterocycles. The zero-order valence-electron chi connectivity index (χ0n) is 12.0. The molecule has 0 bridgehead atoms. The summed E-state index contributed by atoms with van der Waals surface area (Å²) in [6, 6.07) is 6.37. The second-order valence-electron chi connectivity index (χ2n) is 5.62. The van der Waals surface area contributed by atoms with E-state index < -0.39 is 0 Å². The third-order valence-corrected chi connectivity index (χ3v) is 3.54. The van der Waals surface area contributed by atoms with Gasteiger partial charge in [0.15, 0.2) is 5.82 Å². The zero-order chi connectivity index (χ0) is 14.1. The minimum absolute atomic E-state index is 0.410. The maximum Gasteiger partial charge on any atom is 0.164 e. The first-order valence-corrected chi connectivity index (χ1v) is 7.01. The minimum Gasteiger partial charge on any atom is -0.372 e. The van der Waals surface area contributed by atoms with Crippen LogP contribution in [-0.2, 0) is 31.0 Å². The van der Waals surface area contributed by atoms with Crippen LogP contribution in [0.2, 0.25) is 0 Å². The van der Waals surface area contributed by atoms with Gasteiger partial charge < -0.3 is 15.0 Å². The average molecular weight is 272 g/mol. The molecule has 3 rings (SSSR count). The van der Waals surface area contributed by atoms with Gasteiger partial charge in [-0.1, -0.05) is 26.0 Å². The summed E-state index contributed by atoms with van der Waals surface area (Å²) in [5, 5.41) is 8.54. The number of ether oxygens (including phenoxy) is 1. The lowest BCUT2D eigenvalue weighted by atomic mass is 10.1. The molecule has 0 unspecified atom stereocenters. The Bertz CT molecular complexity index is 618. The van der Waals surface area contributed by atoms with Gasteiger partial charge in [0.2, 0.25) is 0 Å². The maximum atomic E-state index is 5.76. The van der Waals surface area contributed by atoms with Crippen molar-refractivity contribution in [3.05, 3.63) is 35.2 Å². The van der Waals surface area contributed by atoms with Crippen LogP contribution >= 0.6 is 0 Å². The molecular weight excluding hydrogens is 252 g/mol. The summed E-state index contributed by atoms with van der Waals surface area (Å²) in [5.74, 6) is 2.26. The molecule has 2 N–H and O–H groups in total.